The molecule has 0 saturated carbocycles. The van der Waals surface area contributed by atoms with Gasteiger partial charge in [-0.05, 0) is 44.9 Å². The molecule has 300 valence electrons. The van der Waals surface area contributed by atoms with Gasteiger partial charge in [0.2, 0.25) is 11.8 Å². The lowest BCUT2D eigenvalue weighted by atomic mass is 9.77. The maximum atomic E-state index is 14.2. The number of nitrogens with zero attached hydrogens (tertiary/aromatic N) is 2. The van der Waals surface area contributed by atoms with Crippen LogP contribution in [-0.2, 0) is 35.0 Å². The van der Waals surface area contributed by atoms with Gasteiger partial charge in [0.05, 0.1) is 30.5 Å². The molecule has 0 radical (unpaired) electrons. The maximum absolute atomic E-state index is 14.2. The zero-order chi connectivity index (χ0) is 40.3. The number of rotatable bonds is 9. The second kappa shape index (κ2) is 17.4. The number of ether oxygens (including phenoxy) is 4. The molecule has 2 fully saturated rings. The number of amides is 3. The van der Waals surface area contributed by atoms with Crippen molar-refractivity contribution in [3.63, 3.8) is 0 Å². The average molecular weight is 792 g/mol. The highest BCUT2D eigenvalue weighted by atomic mass is 35.5. The molecule has 2 N–H and O–H groups in total. The number of allylic oxidation sites excluding steroid dienone is 3. The van der Waals surface area contributed by atoms with E-state index in [9.17, 15) is 24.3 Å². The minimum Gasteiger partial charge on any atom is -0.495 e. The Morgan fingerprint density at radius 2 is 1.93 bits per heavy atom. The van der Waals surface area contributed by atoms with E-state index in [0.29, 0.717) is 30.0 Å². The Morgan fingerprint density at radius 3 is 2.56 bits per heavy atom. The van der Waals surface area contributed by atoms with Crippen molar-refractivity contribution < 1.29 is 43.2 Å². The number of ketones is 1. The Labute approximate surface area is 329 Å². The molecule has 3 heterocycles. The molecule has 1 aromatic rings. The Balaban J connectivity index is 1.72. The van der Waals surface area contributed by atoms with Gasteiger partial charge in [-0.3, -0.25) is 19.7 Å². The van der Waals surface area contributed by atoms with E-state index in [-0.39, 0.29) is 46.6 Å². The summed E-state index contributed by atoms with van der Waals surface area (Å²) in [6.45, 7) is 13.6. The van der Waals surface area contributed by atoms with E-state index in [0.717, 1.165) is 11.1 Å². The van der Waals surface area contributed by atoms with Crippen LogP contribution in [0.25, 0.3) is 0 Å². The van der Waals surface area contributed by atoms with Crippen LogP contribution in [0, 0.1) is 11.8 Å². The van der Waals surface area contributed by atoms with Crippen LogP contribution in [0.1, 0.15) is 79.7 Å². The van der Waals surface area contributed by atoms with Crippen LogP contribution in [0.3, 0.4) is 0 Å². The van der Waals surface area contributed by atoms with Gasteiger partial charge in [0.1, 0.15) is 23.0 Å². The fourth-order valence-electron chi connectivity index (χ4n) is 7.31. The van der Waals surface area contributed by atoms with Crippen molar-refractivity contribution in [3.8, 4) is 5.75 Å². The van der Waals surface area contributed by atoms with Gasteiger partial charge < -0.3 is 33.9 Å². The average Bonchev–Trinajstić information content (AvgIpc) is 3.79. The highest BCUT2D eigenvalue weighted by Crippen LogP contribution is 2.52. The molecule has 3 aliphatic rings. The first-order chi connectivity index (χ1) is 25.1. The lowest BCUT2D eigenvalue weighted by Crippen LogP contribution is -2.63. The van der Waals surface area contributed by atoms with E-state index < -0.39 is 53.6 Å². The number of nitrogens with one attached hydrogen (secondary N) is 1. The maximum Gasteiger partial charge on any atom is 0.409 e. The molecule has 12 nitrogen and oxygen atoms in total. The normalized spacial score (nSPS) is 31.2. The van der Waals surface area contributed by atoms with Gasteiger partial charge in [-0.25, -0.2) is 4.79 Å². The van der Waals surface area contributed by atoms with Crippen molar-refractivity contribution in [1.29, 1.82) is 0 Å². The minimum absolute atomic E-state index is 0.00573. The number of anilines is 1. The zero-order valence-corrected chi connectivity index (χ0v) is 35.1. The van der Waals surface area contributed by atoms with Crippen LogP contribution in [0.2, 0.25) is 5.02 Å². The first-order valence-electron chi connectivity index (χ1n) is 18.4. The predicted octanol–water partition coefficient (Wildman–Crippen LogP) is 6.10. The molecule has 3 amide bonds. The summed E-state index contributed by atoms with van der Waals surface area (Å²) in [4.78, 5) is 57.2. The Kier molecular flexibility index (Phi) is 14.0. The Morgan fingerprint density at radius 1 is 1.24 bits per heavy atom. The molecule has 54 heavy (non-hydrogen) atoms. The molecule has 0 aromatic heterocycles. The fraction of sp³-hybridized carbons (Fsp3) is 0.650. The van der Waals surface area contributed by atoms with Crippen LogP contribution in [0.15, 0.2) is 35.9 Å². The lowest BCUT2D eigenvalue weighted by molar-refractivity contribution is -0.142. The second-order valence-electron chi connectivity index (χ2n) is 16.1. The molecule has 1 aromatic carbocycles. The Hall–Kier alpha value is -3.10. The van der Waals surface area contributed by atoms with Gasteiger partial charge in [0.15, 0.2) is 11.5 Å². The first kappa shape index (κ1) is 43.6. The number of carbonyl (C=O) groups is 4. The van der Waals surface area contributed by atoms with E-state index in [1.807, 2.05) is 39.0 Å². The summed E-state index contributed by atoms with van der Waals surface area (Å²) >= 11 is 8.49. The number of alkyl carbamates (subject to hydrolysis) is 1. The van der Waals surface area contributed by atoms with Crippen molar-refractivity contribution in [1.82, 2.24) is 10.2 Å². The SMILES string of the molecule is COc1cc2cc(c1Cl)N(C)C(=O)CC(CC(=O)[C@H](C)N(C)C(=O)CCSC(C)(C)C)[C@]1(C)O[C@H]1[C@H](C)[C@@H]1C[C@@](O)(NC(=O)O1)[C@H](OC)/C=C/C=C(\C)C2. The fourth-order valence-corrected chi connectivity index (χ4v) is 8.51. The molecular weight excluding hydrogens is 734 g/mol. The van der Waals surface area contributed by atoms with Gasteiger partial charge in [-0.15, -0.1) is 0 Å². The number of benzene rings is 1. The minimum atomic E-state index is -1.79. The highest BCUT2D eigenvalue weighted by Gasteiger charge is 2.63. The molecule has 1 unspecified atom stereocenters. The molecule has 0 spiro atoms. The lowest BCUT2D eigenvalue weighted by Gasteiger charge is -2.42. The number of methoxy groups -OCH3 is 2. The summed E-state index contributed by atoms with van der Waals surface area (Å²) < 4.78 is 23.4. The van der Waals surface area contributed by atoms with E-state index >= 15 is 0 Å². The largest absolute Gasteiger partial charge is 0.495 e. The summed E-state index contributed by atoms with van der Waals surface area (Å²) in [5.74, 6) is -0.682. The van der Waals surface area contributed by atoms with Crippen molar-refractivity contribution in [2.75, 3.05) is 39.0 Å². The van der Waals surface area contributed by atoms with Gasteiger partial charge in [0, 0.05) is 69.2 Å². The van der Waals surface area contributed by atoms with E-state index in [2.05, 4.69) is 26.1 Å². The van der Waals surface area contributed by atoms with Crippen LogP contribution >= 0.6 is 23.4 Å². The highest BCUT2D eigenvalue weighted by molar-refractivity contribution is 8.00. The standard InChI is InChI=1S/C40H58ClN3O9S/c1-23-13-12-14-32(51-11)40(49)22-31(52-37(48)42-40)24(2)36-39(7,53-36)27(20-29(45)25(3)43(8)33(46)15-16-54-38(4,5)6)21-34(47)44(9)28-18-26(17-23)19-30(50-10)35(28)41/h12-14,18-19,24-25,27,31-32,36,49H,15-17,20-22H2,1-11H3,(H,42,48)/b14-12+,23-13+/t24-,25+,27?,31+,32-,36+,39+,40+/m1/s1. The number of hydrogen-bond acceptors (Lipinski definition) is 10. The number of Topliss-reactive ketones (excluding diaryl/α,β-unsaturated/α-hetero) is 1. The smallest absolute Gasteiger partial charge is 0.409 e. The van der Waals surface area contributed by atoms with E-state index in [1.165, 1.54) is 24.0 Å². The predicted molar refractivity (Wildman–Crippen MR) is 211 cm³/mol. The topological polar surface area (TPSA) is 147 Å². The summed E-state index contributed by atoms with van der Waals surface area (Å²) in [7, 11) is 6.24. The zero-order valence-electron chi connectivity index (χ0n) is 33.5. The number of carbonyl (C=O) groups excluding carboxylic acids is 4. The van der Waals surface area contributed by atoms with Crippen LogP contribution in [-0.4, -0.2) is 108 Å². The third kappa shape index (κ3) is 10.2. The van der Waals surface area contributed by atoms with Gasteiger partial charge >= 0.3 is 6.09 Å². The molecule has 14 heteroatoms. The number of aliphatic hydroxyl groups is 1. The summed E-state index contributed by atoms with van der Waals surface area (Å²) in [5.41, 5.74) is -0.533. The molecule has 2 saturated heterocycles. The number of fused-ring (bicyclic) bond motifs is 5. The van der Waals surface area contributed by atoms with Crippen molar-refractivity contribution in [2.24, 2.45) is 11.8 Å². The Bertz CT molecular complexity index is 1650. The summed E-state index contributed by atoms with van der Waals surface area (Å²) in [5, 5.41) is 14.6. The van der Waals surface area contributed by atoms with Crippen molar-refractivity contribution in [2.45, 2.75) is 121 Å². The quantitative estimate of drug-likeness (QED) is 0.282. The molecule has 0 aliphatic carbocycles. The molecule has 8 atom stereocenters. The molecule has 4 rings (SSSR count). The van der Waals surface area contributed by atoms with Crippen LogP contribution in [0.4, 0.5) is 10.5 Å². The van der Waals surface area contributed by atoms with Crippen molar-refractivity contribution in [3.05, 3.63) is 46.5 Å². The molecule has 4 bridgehead atoms. The molecule has 3 aliphatic heterocycles. The first-order valence-corrected chi connectivity index (χ1v) is 19.8. The number of halogens is 1. The van der Waals surface area contributed by atoms with Crippen LogP contribution < -0.4 is 15.0 Å². The monoisotopic (exact) mass is 791 g/mol. The van der Waals surface area contributed by atoms with E-state index in [4.69, 9.17) is 30.5 Å². The second-order valence-corrected chi connectivity index (χ2v) is 18.4. The summed E-state index contributed by atoms with van der Waals surface area (Å²) in [6.07, 6.45) is 2.94. The third-order valence-corrected chi connectivity index (χ3v) is 12.6. The number of likely N-dealkylation sites (N-methyl/N-ethyl adjacent to an activating group) is 1. The number of hydrogen-bond donors (Lipinski definition) is 2. The number of epoxide rings is 1. The van der Waals surface area contributed by atoms with Crippen LogP contribution in [0.5, 0.6) is 5.75 Å². The number of thioether (sulfide) groups is 1. The van der Waals surface area contributed by atoms with Gasteiger partial charge in [-0.1, -0.05) is 63.1 Å². The van der Waals surface area contributed by atoms with Gasteiger partial charge in [-0.2, -0.15) is 11.8 Å². The molecular formula is C40H58ClN3O9S. The van der Waals surface area contributed by atoms with Crippen molar-refractivity contribution >= 4 is 52.7 Å². The third-order valence-electron chi connectivity index (χ3n) is 10.9. The van der Waals surface area contributed by atoms with Gasteiger partial charge in [0.25, 0.3) is 0 Å². The van der Waals surface area contributed by atoms with E-state index in [1.54, 1.807) is 44.9 Å². The summed E-state index contributed by atoms with van der Waals surface area (Å²) in [6, 6.07) is 2.92.